The summed E-state index contributed by atoms with van der Waals surface area (Å²) in [4.78, 5) is 15.0. The van der Waals surface area contributed by atoms with Crippen LogP contribution >= 0.6 is 11.3 Å². The fourth-order valence-corrected chi connectivity index (χ4v) is 3.94. The van der Waals surface area contributed by atoms with Crippen LogP contribution in [0.5, 0.6) is 0 Å². The van der Waals surface area contributed by atoms with Gasteiger partial charge in [-0.3, -0.25) is 4.90 Å². The normalized spacial score (nSPS) is 19.8. The number of aliphatic hydroxyl groups excluding tert-OH is 1. The highest BCUT2D eigenvalue weighted by molar-refractivity contribution is 7.16. The van der Waals surface area contributed by atoms with Crippen molar-refractivity contribution in [3.8, 4) is 0 Å². The van der Waals surface area contributed by atoms with Crippen molar-refractivity contribution in [1.82, 2.24) is 19.9 Å². The van der Waals surface area contributed by atoms with Crippen LogP contribution in [0.25, 0.3) is 10.2 Å². The van der Waals surface area contributed by atoms with Crippen LogP contribution in [-0.4, -0.2) is 38.0 Å². The first-order valence-corrected chi connectivity index (χ1v) is 8.86. The molecular weight excluding hydrogens is 322 g/mol. The summed E-state index contributed by atoms with van der Waals surface area (Å²) in [5, 5.41) is 10.6. The minimum absolute atomic E-state index is 0.186. The fraction of sp³-hybridized carbons (Fsp3) is 0.353. The molecule has 4 rings (SSSR count). The minimum atomic E-state index is -0.603. The highest BCUT2D eigenvalue weighted by Gasteiger charge is 2.26. The molecule has 0 aliphatic carbocycles. The molecule has 3 aromatic rings. The lowest BCUT2D eigenvalue weighted by atomic mass is 10.1. The molecule has 1 aromatic carbocycles. The number of rotatable bonds is 2. The van der Waals surface area contributed by atoms with E-state index in [1.165, 1.54) is 10.3 Å². The van der Waals surface area contributed by atoms with Gasteiger partial charge < -0.3 is 10.8 Å². The molecule has 0 spiro atoms. The number of nitrogens with zero attached hydrogens (tertiary/aromatic N) is 4. The van der Waals surface area contributed by atoms with E-state index in [2.05, 4.69) is 45.0 Å². The average molecular weight is 341 g/mol. The molecule has 3 N–H and O–H groups in total. The van der Waals surface area contributed by atoms with Crippen LogP contribution in [0, 0.1) is 0 Å². The number of benzene rings is 1. The second-order valence-corrected chi connectivity index (χ2v) is 7.03. The lowest BCUT2D eigenvalue weighted by Crippen LogP contribution is -2.31. The molecule has 124 valence electrons. The van der Waals surface area contributed by atoms with Gasteiger partial charge in [0.05, 0.1) is 27.5 Å². The molecule has 1 aliphatic rings. The van der Waals surface area contributed by atoms with Gasteiger partial charge in [0, 0.05) is 37.3 Å². The van der Waals surface area contributed by atoms with Crippen LogP contribution in [-0.2, 0) is 6.42 Å². The molecule has 0 amide bonds. The third kappa shape index (κ3) is 2.75. The summed E-state index contributed by atoms with van der Waals surface area (Å²) in [6, 6.07) is 6.59. The maximum Gasteiger partial charge on any atom is 0.220 e. The van der Waals surface area contributed by atoms with Gasteiger partial charge in [0.1, 0.15) is 0 Å². The zero-order chi connectivity index (χ0) is 16.7. The van der Waals surface area contributed by atoms with E-state index in [1.54, 1.807) is 17.5 Å². The van der Waals surface area contributed by atoms with E-state index < -0.39 is 6.10 Å². The summed E-state index contributed by atoms with van der Waals surface area (Å²) in [5.74, 6) is 0.261. The van der Waals surface area contributed by atoms with Gasteiger partial charge in [-0.2, -0.15) is 0 Å². The van der Waals surface area contributed by atoms with Crippen LogP contribution in [0.1, 0.15) is 35.9 Å². The first-order chi connectivity index (χ1) is 11.6. The summed E-state index contributed by atoms with van der Waals surface area (Å²) in [6.45, 7) is 3.53. The van der Waals surface area contributed by atoms with Crippen LogP contribution in [0.3, 0.4) is 0 Å². The first kappa shape index (κ1) is 15.4. The number of hydrogen-bond donors (Lipinski definition) is 2. The van der Waals surface area contributed by atoms with Gasteiger partial charge in [-0.05, 0) is 24.6 Å². The zero-order valence-electron chi connectivity index (χ0n) is 13.4. The predicted octanol–water partition coefficient (Wildman–Crippen LogP) is 2.32. The second kappa shape index (κ2) is 6.08. The third-order valence-electron chi connectivity index (χ3n) is 4.71. The molecule has 0 saturated carbocycles. The number of fused-ring (bicyclic) bond motifs is 2. The quantitative estimate of drug-likeness (QED) is 0.744. The third-order valence-corrected chi connectivity index (χ3v) is 5.52. The maximum atomic E-state index is 10.6. The molecule has 3 heterocycles. The van der Waals surface area contributed by atoms with E-state index in [-0.39, 0.29) is 12.0 Å². The Labute approximate surface area is 144 Å². The van der Waals surface area contributed by atoms with Gasteiger partial charge in [-0.25, -0.2) is 15.0 Å². The van der Waals surface area contributed by atoms with Gasteiger partial charge in [0.25, 0.3) is 0 Å². The molecule has 24 heavy (non-hydrogen) atoms. The largest absolute Gasteiger partial charge is 0.387 e. The van der Waals surface area contributed by atoms with Crippen molar-refractivity contribution in [3.63, 3.8) is 0 Å². The van der Waals surface area contributed by atoms with Crippen LogP contribution in [0.2, 0.25) is 0 Å². The Kier molecular flexibility index (Phi) is 3.91. The Bertz CT molecular complexity index is 880. The number of aliphatic hydroxyl groups is 1. The SMILES string of the molecule is CC(c1ccc2scnc2c1)N1CCc2nc(N)ncc2[C@H](O)C1. The summed E-state index contributed by atoms with van der Waals surface area (Å²) in [6.07, 6.45) is 1.80. The van der Waals surface area contributed by atoms with Crippen molar-refractivity contribution in [2.45, 2.75) is 25.5 Å². The van der Waals surface area contributed by atoms with E-state index in [4.69, 9.17) is 5.73 Å². The van der Waals surface area contributed by atoms with E-state index in [9.17, 15) is 5.11 Å². The van der Waals surface area contributed by atoms with Crippen molar-refractivity contribution in [2.24, 2.45) is 0 Å². The van der Waals surface area contributed by atoms with Crippen LogP contribution < -0.4 is 5.73 Å². The summed E-state index contributed by atoms with van der Waals surface area (Å²) >= 11 is 1.65. The van der Waals surface area contributed by atoms with E-state index in [0.29, 0.717) is 6.54 Å². The topological polar surface area (TPSA) is 88.2 Å². The lowest BCUT2D eigenvalue weighted by molar-refractivity contribution is 0.0983. The van der Waals surface area contributed by atoms with Crippen molar-refractivity contribution < 1.29 is 5.11 Å². The predicted molar refractivity (Wildman–Crippen MR) is 94.7 cm³/mol. The standard InChI is InChI=1S/C17H19N5OS/c1-10(11-2-3-16-14(6-11)20-9-24-16)22-5-4-13-12(15(23)8-22)7-19-17(18)21-13/h2-3,6-7,9-10,15,23H,4-5,8H2,1H3,(H2,18,19,21)/t10?,15-/m1/s1. The minimum Gasteiger partial charge on any atom is -0.387 e. The van der Waals surface area contributed by atoms with Gasteiger partial charge in [-0.15, -0.1) is 11.3 Å². The first-order valence-electron chi connectivity index (χ1n) is 7.98. The molecule has 0 saturated heterocycles. The van der Waals surface area contributed by atoms with Gasteiger partial charge in [0.2, 0.25) is 5.95 Å². The van der Waals surface area contributed by atoms with Gasteiger partial charge in [0.15, 0.2) is 0 Å². The number of hydrogen-bond acceptors (Lipinski definition) is 7. The smallest absolute Gasteiger partial charge is 0.220 e. The lowest BCUT2D eigenvalue weighted by Gasteiger charge is -2.29. The fourth-order valence-electron chi connectivity index (χ4n) is 3.28. The second-order valence-electron chi connectivity index (χ2n) is 6.15. The molecule has 0 fully saturated rings. The molecule has 7 heteroatoms. The molecule has 0 radical (unpaired) electrons. The van der Waals surface area contributed by atoms with Gasteiger partial charge >= 0.3 is 0 Å². The molecule has 6 nitrogen and oxygen atoms in total. The molecule has 1 aliphatic heterocycles. The van der Waals surface area contributed by atoms with Gasteiger partial charge in [-0.1, -0.05) is 6.07 Å². The van der Waals surface area contributed by atoms with Crippen molar-refractivity contribution >= 4 is 27.5 Å². The van der Waals surface area contributed by atoms with E-state index >= 15 is 0 Å². The van der Waals surface area contributed by atoms with Crippen molar-refractivity contribution in [2.75, 3.05) is 18.8 Å². The molecule has 0 bridgehead atoms. The summed E-state index contributed by atoms with van der Waals surface area (Å²) in [5.41, 5.74) is 11.4. The van der Waals surface area contributed by atoms with E-state index in [1.807, 2.05) is 5.51 Å². The molecule has 2 atom stereocenters. The number of nitrogen functional groups attached to an aromatic ring is 1. The highest BCUT2D eigenvalue weighted by atomic mass is 32.1. The van der Waals surface area contributed by atoms with Crippen LogP contribution in [0.15, 0.2) is 29.9 Å². The van der Waals surface area contributed by atoms with Crippen LogP contribution in [0.4, 0.5) is 5.95 Å². The monoisotopic (exact) mass is 341 g/mol. The zero-order valence-corrected chi connectivity index (χ0v) is 14.2. The Morgan fingerprint density at radius 2 is 2.25 bits per heavy atom. The number of β-amino-alcohol motifs (C(OH)–C–C–N with tert-alkyl or cyclic N) is 1. The Hall–Kier alpha value is -2.09. The maximum absolute atomic E-state index is 10.6. The Balaban J connectivity index is 1.60. The van der Waals surface area contributed by atoms with Crippen molar-refractivity contribution in [3.05, 3.63) is 46.7 Å². The highest BCUT2D eigenvalue weighted by Crippen LogP contribution is 2.30. The molecular formula is C17H19N5OS. The average Bonchev–Trinajstić information content (AvgIpc) is 2.98. The number of anilines is 1. The van der Waals surface area contributed by atoms with Crippen molar-refractivity contribution in [1.29, 1.82) is 0 Å². The summed E-state index contributed by atoms with van der Waals surface area (Å²) in [7, 11) is 0. The van der Waals surface area contributed by atoms with E-state index in [0.717, 1.165) is 29.7 Å². The molecule has 2 aromatic heterocycles. The number of aromatic nitrogens is 3. The Morgan fingerprint density at radius 3 is 3.12 bits per heavy atom. The molecule has 1 unspecified atom stereocenters. The summed E-state index contributed by atoms with van der Waals surface area (Å²) < 4.78 is 1.19. The number of thiazole rings is 1. The number of nitrogens with two attached hydrogens (primary N) is 1. The Morgan fingerprint density at radius 1 is 1.38 bits per heavy atom.